The maximum atomic E-state index is 12.2. The van der Waals surface area contributed by atoms with Gasteiger partial charge in [0, 0.05) is 20.0 Å². The molecule has 2 rings (SSSR count). The van der Waals surface area contributed by atoms with E-state index in [1.807, 2.05) is 0 Å². The van der Waals surface area contributed by atoms with Crippen LogP contribution < -0.4 is 10.6 Å². The number of nitrogens with one attached hydrogen (secondary N) is 2. The third kappa shape index (κ3) is 6.54. The predicted molar refractivity (Wildman–Crippen MR) is 102 cm³/mol. The standard InChI is InChI=1S/C18H19N3O6S/c1-12(22)20-14(9-13-5-3-2-4-6-13)17(25)27-10-15(23)19-7-8-21-16(24)11-28-18(21)26/h2-6,9H,7-8,10-11H2,1H3,(H,19,23)(H,20,22)/b14-9+. The van der Waals surface area contributed by atoms with Crippen molar-refractivity contribution in [2.24, 2.45) is 0 Å². The van der Waals surface area contributed by atoms with E-state index in [9.17, 15) is 24.0 Å². The number of hydrogen-bond acceptors (Lipinski definition) is 7. The molecule has 1 fully saturated rings. The van der Waals surface area contributed by atoms with Gasteiger partial charge in [-0.15, -0.1) is 0 Å². The van der Waals surface area contributed by atoms with Crippen LogP contribution in [0.4, 0.5) is 4.79 Å². The number of rotatable bonds is 8. The first-order valence-corrected chi connectivity index (χ1v) is 9.30. The number of hydrogen-bond donors (Lipinski definition) is 2. The number of amides is 4. The van der Waals surface area contributed by atoms with Crippen molar-refractivity contribution in [3.63, 3.8) is 0 Å². The van der Waals surface area contributed by atoms with Gasteiger partial charge < -0.3 is 15.4 Å². The molecular weight excluding hydrogens is 386 g/mol. The van der Waals surface area contributed by atoms with E-state index in [0.29, 0.717) is 5.56 Å². The van der Waals surface area contributed by atoms with E-state index >= 15 is 0 Å². The Morgan fingerprint density at radius 3 is 2.54 bits per heavy atom. The largest absolute Gasteiger partial charge is 0.451 e. The van der Waals surface area contributed by atoms with Crippen LogP contribution in [0.5, 0.6) is 0 Å². The fourth-order valence-electron chi connectivity index (χ4n) is 2.22. The fraction of sp³-hybridized carbons (Fsp3) is 0.278. The first-order valence-electron chi connectivity index (χ1n) is 8.32. The minimum absolute atomic E-state index is 0.0484. The van der Waals surface area contributed by atoms with Crippen LogP contribution in [0.25, 0.3) is 6.08 Å². The molecule has 9 nitrogen and oxygen atoms in total. The van der Waals surface area contributed by atoms with Gasteiger partial charge in [-0.25, -0.2) is 4.79 Å². The summed E-state index contributed by atoms with van der Waals surface area (Å²) >= 11 is 0.910. The highest BCUT2D eigenvalue weighted by Gasteiger charge is 2.29. The highest BCUT2D eigenvalue weighted by molar-refractivity contribution is 8.14. The molecule has 148 valence electrons. The predicted octanol–water partition coefficient (Wildman–Crippen LogP) is 0.518. The number of carbonyl (C=O) groups is 5. The van der Waals surface area contributed by atoms with Crippen LogP contribution in [0.15, 0.2) is 36.0 Å². The van der Waals surface area contributed by atoms with E-state index in [4.69, 9.17) is 4.74 Å². The molecule has 1 saturated heterocycles. The topological polar surface area (TPSA) is 122 Å². The van der Waals surface area contributed by atoms with Crippen LogP contribution in [0.3, 0.4) is 0 Å². The summed E-state index contributed by atoms with van der Waals surface area (Å²) in [5.41, 5.74) is 0.572. The van der Waals surface area contributed by atoms with Gasteiger partial charge in [-0.05, 0) is 11.6 Å². The zero-order valence-electron chi connectivity index (χ0n) is 15.1. The Morgan fingerprint density at radius 2 is 1.93 bits per heavy atom. The van der Waals surface area contributed by atoms with Crippen LogP contribution in [-0.4, -0.2) is 59.3 Å². The van der Waals surface area contributed by atoms with Gasteiger partial charge in [-0.2, -0.15) is 0 Å². The van der Waals surface area contributed by atoms with Crippen LogP contribution >= 0.6 is 11.8 Å². The Balaban J connectivity index is 1.83. The van der Waals surface area contributed by atoms with E-state index in [-0.39, 0.29) is 35.7 Å². The SMILES string of the molecule is CC(=O)N/C(=C/c1ccccc1)C(=O)OCC(=O)NCCN1C(=O)CSC1=O. The molecule has 0 radical (unpaired) electrons. The third-order valence-electron chi connectivity index (χ3n) is 3.47. The number of carbonyl (C=O) groups excluding carboxylic acids is 5. The van der Waals surface area contributed by atoms with E-state index in [1.165, 1.54) is 13.0 Å². The number of esters is 1. The molecule has 1 aliphatic rings. The molecule has 0 unspecified atom stereocenters. The van der Waals surface area contributed by atoms with E-state index in [2.05, 4.69) is 10.6 Å². The second-order valence-corrected chi connectivity index (χ2v) is 6.60. The number of thioether (sulfide) groups is 1. The molecule has 10 heteroatoms. The third-order valence-corrected chi connectivity index (χ3v) is 4.33. The molecule has 1 aliphatic heterocycles. The maximum Gasteiger partial charge on any atom is 0.355 e. The van der Waals surface area contributed by atoms with Crippen molar-refractivity contribution >= 4 is 46.8 Å². The maximum absolute atomic E-state index is 12.2. The number of ether oxygens (including phenoxy) is 1. The summed E-state index contributed by atoms with van der Waals surface area (Å²) in [6, 6.07) is 8.82. The average molecular weight is 405 g/mol. The summed E-state index contributed by atoms with van der Waals surface area (Å²) < 4.78 is 4.92. The zero-order valence-corrected chi connectivity index (χ0v) is 15.9. The molecular formula is C18H19N3O6S. The Kier molecular flexibility index (Phi) is 7.76. The normalized spacial score (nSPS) is 14.0. The highest BCUT2D eigenvalue weighted by Crippen LogP contribution is 2.17. The van der Waals surface area contributed by atoms with Gasteiger partial charge in [-0.1, -0.05) is 42.1 Å². The lowest BCUT2D eigenvalue weighted by Gasteiger charge is -2.13. The summed E-state index contributed by atoms with van der Waals surface area (Å²) in [5.74, 6) is -2.12. The Bertz CT molecular complexity index is 793. The van der Waals surface area contributed by atoms with Gasteiger partial charge >= 0.3 is 5.97 Å². The van der Waals surface area contributed by atoms with Crippen LogP contribution in [0.2, 0.25) is 0 Å². The van der Waals surface area contributed by atoms with Crippen molar-refractivity contribution in [3.05, 3.63) is 41.6 Å². The van der Waals surface area contributed by atoms with Crippen molar-refractivity contribution in [3.8, 4) is 0 Å². The Labute approximate surface area is 165 Å². The Hall–Kier alpha value is -3.14. The molecule has 2 N–H and O–H groups in total. The molecule has 1 heterocycles. The van der Waals surface area contributed by atoms with E-state index in [0.717, 1.165) is 16.7 Å². The summed E-state index contributed by atoms with van der Waals surface area (Å²) in [6.07, 6.45) is 1.43. The number of imide groups is 1. The minimum Gasteiger partial charge on any atom is -0.451 e. The molecule has 1 aromatic carbocycles. The van der Waals surface area contributed by atoms with Crippen molar-refractivity contribution in [2.45, 2.75) is 6.92 Å². The van der Waals surface area contributed by atoms with E-state index < -0.39 is 24.4 Å². The second-order valence-electron chi connectivity index (χ2n) is 5.68. The molecule has 0 saturated carbocycles. The lowest BCUT2D eigenvalue weighted by Crippen LogP contribution is -2.39. The van der Waals surface area contributed by atoms with Crippen LogP contribution in [-0.2, 0) is 23.9 Å². The first-order chi connectivity index (χ1) is 13.4. The second kappa shape index (κ2) is 10.3. The van der Waals surface area contributed by atoms with Gasteiger partial charge in [0.25, 0.3) is 11.1 Å². The summed E-state index contributed by atoms with van der Waals surface area (Å²) in [4.78, 5) is 59.2. The van der Waals surface area contributed by atoms with Crippen LogP contribution in [0.1, 0.15) is 12.5 Å². The van der Waals surface area contributed by atoms with Crippen molar-refractivity contribution < 1.29 is 28.7 Å². The zero-order chi connectivity index (χ0) is 20.5. The highest BCUT2D eigenvalue weighted by atomic mass is 32.2. The molecule has 28 heavy (non-hydrogen) atoms. The Morgan fingerprint density at radius 1 is 1.21 bits per heavy atom. The summed E-state index contributed by atoms with van der Waals surface area (Å²) in [7, 11) is 0. The van der Waals surface area contributed by atoms with Crippen LogP contribution in [0, 0.1) is 0 Å². The van der Waals surface area contributed by atoms with E-state index in [1.54, 1.807) is 30.3 Å². The molecule has 4 amide bonds. The quantitative estimate of drug-likeness (QED) is 0.478. The van der Waals surface area contributed by atoms with Crippen molar-refractivity contribution in [1.82, 2.24) is 15.5 Å². The van der Waals surface area contributed by atoms with Gasteiger partial charge in [0.15, 0.2) is 6.61 Å². The molecule has 0 aromatic heterocycles. The monoisotopic (exact) mass is 405 g/mol. The lowest BCUT2D eigenvalue weighted by atomic mass is 10.2. The molecule has 0 atom stereocenters. The fourth-order valence-corrected chi connectivity index (χ4v) is 2.97. The van der Waals surface area contributed by atoms with Gasteiger partial charge in [0.2, 0.25) is 11.8 Å². The first kappa shape index (κ1) is 21.2. The summed E-state index contributed by atoms with van der Waals surface area (Å²) in [6.45, 7) is 0.779. The number of benzene rings is 1. The molecule has 0 bridgehead atoms. The van der Waals surface area contributed by atoms with Crippen molar-refractivity contribution in [1.29, 1.82) is 0 Å². The molecule has 0 spiro atoms. The van der Waals surface area contributed by atoms with Crippen molar-refractivity contribution in [2.75, 3.05) is 25.4 Å². The van der Waals surface area contributed by atoms with Gasteiger partial charge in [0.1, 0.15) is 5.70 Å². The smallest absolute Gasteiger partial charge is 0.355 e. The van der Waals surface area contributed by atoms with Gasteiger partial charge in [0.05, 0.1) is 5.75 Å². The summed E-state index contributed by atoms with van der Waals surface area (Å²) in [5, 5.41) is 4.48. The average Bonchev–Trinajstić information content (AvgIpc) is 2.98. The molecule has 1 aromatic rings. The number of nitrogens with zero attached hydrogens (tertiary/aromatic N) is 1. The minimum atomic E-state index is -0.865. The lowest BCUT2D eigenvalue weighted by molar-refractivity contribution is -0.145. The molecule has 0 aliphatic carbocycles. The van der Waals surface area contributed by atoms with Gasteiger partial charge in [-0.3, -0.25) is 24.1 Å².